The van der Waals surface area contributed by atoms with Gasteiger partial charge in [0.05, 0.1) is 12.0 Å². The molecule has 1 amide bonds. The van der Waals surface area contributed by atoms with Gasteiger partial charge in [-0.25, -0.2) is 17.6 Å². The molecule has 186 valence electrons. The number of rotatable bonds is 8. The lowest BCUT2D eigenvalue weighted by atomic mass is 9.77. The number of hydrogen-bond donors (Lipinski definition) is 2. The Hall–Kier alpha value is -3.40. The maximum Gasteiger partial charge on any atom is 0.392 e. The maximum absolute atomic E-state index is 14.5. The van der Waals surface area contributed by atoms with Crippen molar-refractivity contribution in [2.24, 2.45) is 0 Å². The molecule has 10 heteroatoms. The van der Waals surface area contributed by atoms with Gasteiger partial charge in [-0.05, 0) is 47.0 Å². The van der Waals surface area contributed by atoms with Crippen LogP contribution in [0, 0.1) is 11.6 Å². The number of benzene rings is 3. The van der Waals surface area contributed by atoms with Gasteiger partial charge in [0.15, 0.2) is 0 Å². The van der Waals surface area contributed by atoms with Crippen LogP contribution < -0.4 is 5.32 Å². The molecule has 0 bridgehead atoms. The van der Waals surface area contributed by atoms with Crippen molar-refractivity contribution in [3.8, 4) is 0 Å². The molecule has 3 rings (SSSR count). The second-order valence-corrected chi connectivity index (χ2v) is 7.97. The zero-order valence-electron chi connectivity index (χ0n) is 18.0. The van der Waals surface area contributed by atoms with Gasteiger partial charge < -0.3 is 10.4 Å². The summed E-state index contributed by atoms with van der Waals surface area (Å²) in [5, 5.41) is 12.3. The van der Waals surface area contributed by atoms with Crippen molar-refractivity contribution in [2.45, 2.75) is 37.1 Å². The highest BCUT2D eigenvalue weighted by atomic mass is 19.4. The Balaban J connectivity index is 2.24. The Morgan fingerprint density at radius 1 is 0.857 bits per heavy atom. The molecule has 0 heterocycles. The van der Waals surface area contributed by atoms with E-state index in [1.165, 1.54) is 12.1 Å². The number of aliphatic hydroxyl groups is 1. The van der Waals surface area contributed by atoms with Gasteiger partial charge in [0.25, 0.3) is 6.43 Å². The number of halogens is 7. The monoisotopic (exact) mass is 499 g/mol. The summed E-state index contributed by atoms with van der Waals surface area (Å²) in [5.41, 5.74) is -2.34. The Morgan fingerprint density at radius 2 is 1.49 bits per heavy atom. The summed E-state index contributed by atoms with van der Waals surface area (Å²) in [6.45, 7) is 0. The van der Waals surface area contributed by atoms with Crippen LogP contribution in [0.5, 0.6) is 0 Å². The highest BCUT2D eigenvalue weighted by Crippen LogP contribution is 2.37. The maximum atomic E-state index is 14.5. The summed E-state index contributed by atoms with van der Waals surface area (Å²) in [4.78, 5) is 12.8. The Bertz CT molecular complexity index is 1150. The minimum atomic E-state index is -4.88. The molecule has 0 saturated heterocycles. The van der Waals surface area contributed by atoms with E-state index in [-0.39, 0.29) is 17.5 Å². The standard InChI is InChI=1S/C25H20F7NO2/c26-19-8-6-17(7-9-19)24(13-15-4-2-1-3-5-15,33-23(35)21(34)14-25(30,31)32)18-10-16(22(28)29)11-20(27)12-18/h1-12,21-22,34H,13-14H2,(H,33,35)/t21-,24-/m1/s1. The molecule has 0 saturated carbocycles. The summed E-state index contributed by atoms with van der Waals surface area (Å²) in [5.74, 6) is -3.23. The molecule has 0 aromatic heterocycles. The largest absolute Gasteiger partial charge is 0.392 e. The van der Waals surface area contributed by atoms with E-state index in [2.05, 4.69) is 5.32 Å². The van der Waals surface area contributed by atoms with Gasteiger partial charge in [-0.2, -0.15) is 13.2 Å². The molecule has 0 fully saturated rings. The average Bonchev–Trinajstić information content (AvgIpc) is 2.78. The van der Waals surface area contributed by atoms with Gasteiger partial charge in [-0.15, -0.1) is 0 Å². The smallest absolute Gasteiger partial charge is 0.383 e. The third kappa shape index (κ3) is 6.60. The SMILES string of the molecule is O=C(N[C@](Cc1ccccc1)(c1ccc(F)cc1)c1cc(F)cc(C(F)F)c1)[C@H](O)CC(F)(F)F. The molecular formula is C25H20F7NO2. The number of alkyl halides is 5. The van der Waals surface area contributed by atoms with Crippen LogP contribution in [0.3, 0.4) is 0 Å². The third-order valence-corrected chi connectivity index (χ3v) is 5.38. The number of amides is 1. The van der Waals surface area contributed by atoms with Crippen LogP contribution >= 0.6 is 0 Å². The zero-order chi connectivity index (χ0) is 25.8. The zero-order valence-corrected chi connectivity index (χ0v) is 18.0. The minimum absolute atomic E-state index is 0.0705. The normalized spacial score (nSPS) is 14.4. The molecule has 0 radical (unpaired) electrons. The van der Waals surface area contributed by atoms with Gasteiger partial charge in [-0.1, -0.05) is 42.5 Å². The number of aliphatic hydroxyl groups excluding tert-OH is 1. The Labute approximate surface area is 196 Å². The Kier molecular flexibility index (Phi) is 7.84. The fourth-order valence-electron chi connectivity index (χ4n) is 3.79. The number of carbonyl (C=O) groups excluding carboxylic acids is 1. The van der Waals surface area contributed by atoms with Crippen LogP contribution in [0.15, 0.2) is 72.8 Å². The average molecular weight is 499 g/mol. The number of hydrogen-bond acceptors (Lipinski definition) is 2. The first-order valence-corrected chi connectivity index (χ1v) is 10.4. The fraction of sp³-hybridized carbons (Fsp3) is 0.240. The first-order chi connectivity index (χ1) is 16.4. The molecule has 3 aromatic carbocycles. The van der Waals surface area contributed by atoms with E-state index >= 15 is 0 Å². The first kappa shape index (κ1) is 26.2. The quantitative estimate of drug-likeness (QED) is 0.384. The van der Waals surface area contributed by atoms with Gasteiger partial charge in [0.2, 0.25) is 5.91 Å². The molecule has 2 atom stereocenters. The van der Waals surface area contributed by atoms with E-state index in [9.17, 15) is 40.6 Å². The van der Waals surface area contributed by atoms with Crippen molar-refractivity contribution in [3.05, 3.63) is 107 Å². The van der Waals surface area contributed by atoms with Crippen LogP contribution in [-0.4, -0.2) is 23.3 Å². The number of carbonyl (C=O) groups is 1. The van der Waals surface area contributed by atoms with E-state index in [0.29, 0.717) is 11.6 Å². The first-order valence-electron chi connectivity index (χ1n) is 10.4. The van der Waals surface area contributed by atoms with Crippen LogP contribution in [0.4, 0.5) is 30.7 Å². The second kappa shape index (κ2) is 10.5. The van der Waals surface area contributed by atoms with E-state index in [0.717, 1.165) is 24.3 Å². The van der Waals surface area contributed by atoms with Crippen molar-refractivity contribution in [3.63, 3.8) is 0 Å². The summed E-state index contributed by atoms with van der Waals surface area (Å²) in [6.07, 6.45) is -12.6. The van der Waals surface area contributed by atoms with Gasteiger partial charge in [-0.3, -0.25) is 4.79 Å². The van der Waals surface area contributed by atoms with Gasteiger partial charge in [0, 0.05) is 12.0 Å². The lowest BCUT2D eigenvalue weighted by Gasteiger charge is -2.37. The summed E-state index contributed by atoms with van der Waals surface area (Å²) >= 11 is 0. The second-order valence-electron chi connectivity index (χ2n) is 7.97. The minimum Gasteiger partial charge on any atom is -0.383 e. The van der Waals surface area contributed by atoms with Crippen LogP contribution in [-0.2, 0) is 16.8 Å². The molecule has 35 heavy (non-hydrogen) atoms. The fourth-order valence-corrected chi connectivity index (χ4v) is 3.79. The predicted molar refractivity (Wildman–Crippen MR) is 114 cm³/mol. The van der Waals surface area contributed by atoms with Crippen LogP contribution in [0.2, 0.25) is 0 Å². The van der Waals surface area contributed by atoms with E-state index in [4.69, 9.17) is 0 Å². The molecule has 0 unspecified atom stereocenters. The topological polar surface area (TPSA) is 49.3 Å². The van der Waals surface area contributed by atoms with E-state index in [1.807, 2.05) is 0 Å². The molecule has 0 aliphatic rings. The van der Waals surface area contributed by atoms with Crippen LogP contribution in [0.1, 0.15) is 35.1 Å². The molecule has 2 N–H and O–H groups in total. The molecule has 0 aliphatic carbocycles. The van der Waals surface area contributed by atoms with Crippen molar-refractivity contribution in [1.29, 1.82) is 0 Å². The Morgan fingerprint density at radius 3 is 2.06 bits per heavy atom. The predicted octanol–water partition coefficient (Wildman–Crippen LogP) is 5.82. The third-order valence-electron chi connectivity index (χ3n) is 5.38. The molecule has 0 aliphatic heterocycles. The molecular weight excluding hydrogens is 479 g/mol. The lowest BCUT2D eigenvalue weighted by molar-refractivity contribution is -0.164. The molecule has 3 aromatic rings. The highest BCUT2D eigenvalue weighted by molar-refractivity contribution is 5.82. The summed E-state index contributed by atoms with van der Waals surface area (Å²) < 4.78 is 93.6. The summed E-state index contributed by atoms with van der Waals surface area (Å²) in [7, 11) is 0. The van der Waals surface area contributed by atoms with Crippen LogP contribution in [0.25, 0.3) is 0 Å². The van der Waals surface area contributed by atoms with Gasteiger partial charge in [0.1, 0.15) is 17.7 Å². The number of nitrogens with one attached hydrogen (secondary N) is 1. The van der Waals surface area contributed by atoms with Gasteiger partial charge >= 0.3 is 6.18 Å². The van der Waals surface area contributed by atoms with Crippen molar-refractivity contribution in [1.82, 2.24) is 5.32 Å². The summed E-state index contributed by atoms with van der Waals surface area (Å²) in [6, 6.07) is 14.9. The molecule has 3 nitrogen and oxygen atoms in total. The lowest BCUT2D eigenvalue weighted by Crippen LogP contribution is -2.52. The van der Waals surface area contributed by atoms with Crippen molar-refractivity contribution < 1.29 is 40.6 Å². The highest BCUT2D eigenvalue weighted by Gasteiger charge is 2.41. The van der Waals surface area contributed by atoms with E-state index in [1.54, 1.807) is 30.3 Å². The van der Waals surface area contributed by atoms with Crippen molar-refractivity contribution >= 4 is 5.91 Å². The molecule has 0 spiro atoms. The van der Waals surface area contributed by atoms with E-state index < -0.39 is 53.8 Å². The van der Waals surface area contributed by atoms with Crippen molar-refractivity contribution in [2.75, 3.05) is 0 Å².